The number of nitrogens with two attached hydrogens (primary N) is 1. The van der Waals surface area contributed by atoms with Crippen LogP contribution in [-0.4, -0.2) is 35.4 Å². The van der Waals surface area contributed by atoms with Gasteiger partial charge >= 0.3 is 0 Å². The molecule has 3 N–H and O–H groups in total. The van der Waals surface area contributed by atoms with Crippen molar-refractivity contribution in [1.29, 1.82) is 0 Å². The third-order valence-corrected chi connectivity index (χ3v) is 6.19. The monoisotopic (exact) mass is 407 g/mol. The van der Waals surface area contributed by atoms with Gasteiger partial charge in [-0.1, -0.05) is 12.1 Å². The van der Waals surface area contributed by atoms with E-state index in [4.69, 9.17) is 5.73 Å². The Labute approximate surface area is 167 Å². The second-order valence-corrected chi connectivity index (χ2v) is 7.99. The summed E-state index contributed by atoms with van der Waals surface area (Å²) in [7, 11) is 1.82. The van der Waals surface area contributed by atoms with Crippen LogP contribution >= 0.6 is 11.3 Å². The van der Waals surface area contributed by atoms with E-state index >= 15 is 0 Å². The lowest BCUT2D eigenvalue weighted by molar-refractivity contribution is -0.117. The second-order valence-electron chi connectivity index (χ2n) is 6.90. The largest absolute Gasteiger partial charge is 0.370 e. The normalized spacial score (nSPS) is 11.8. The van der Waals surface area contributed by atoms with E-state index in [-0.39, 0.29) is 17.9 Å². The predicted molar refractivity (Wildman–Crippen MR) is 111 cm³/mol. The van der Waals surface area contributed by atoms with Gasteiger partial charge in [-0.15, -0.1) is 11.3 Å². The number of aromatic amines is 1. The number of hydrogen-bond donors (Lipinski definition) is 2. The Morgan fingerprint density at radius 3 is 2.97 bits per heavy atom. The quantitative estimate of drug-likeness (QED) is 0.459. The number of hydrogen-bond acceptors (Lipinski definition) is 6. The van der Waals surface area contributed by atoms with E-state index < -0.39 is 0 Å². The lowest BCUT2D eigenvalue weighted by atomic mass is 10.1. The van der Waals surface area contributed by atoms with Crippen molar-refractivity contribution in [3.8, 4) is 0 Å². The van der Waals surface area contributed by atoms with Gasteiger partial charge in [0.2, 0.25) is 5.91 Å². The maximum absolute atomic E-state index is 13.2. The second kappa shape index (κ2) is 6.52. The van der Waals surface area contributed by atoms with Crippen LogP contribution < -0.4 is 11.3 Å². The zero-order valence-electron chi connectivity index (χ0n) is 15.5. The van der Waals surface area contributed by atoms with Crippen molar-refractivity contribution >= 4 is 49.4 Å². The molecule has 146 valence electrons. The van der Waals surface area contributed by atoms with Crippen molar-refractivity contribution in [3.63, 3.8) is 0 Å². The summed E-state index contributed by atoms with van der Waals surface area (Å²) in [4.78, 5) is 28.8. The van der Waals surface area contributed by atoms with Crippen molar-refractivity contribution in [2.24, 2.45) is 12.8 Å². The predicted octanol–water partition coefficient (Wildman–Crippen LogP) is 1.69. The first kappa shape index (κ1) is 17.6. The minimum Gasteiger partial charge on any atom is -0.370 e. The number of primary amides is 1. The summed E-state index contributed by atoms with van der Waals surface area (Å²) in [5.74, 6) is -0.355. The molecule has 0 aliphatic heterocycles. The fourth-order valence-electron chi connectivity index (χ4n) is 3.61. The lowest BCUT2D eigenvalue weighted by Gasteiger charge is -2.07. The van der Waals surface area contributed by atoms with Gasteiger partial charge in [-0.05, 0) is 11.6 Å². The molecule has 0 saturated heterocycles. The highest BCUT2D eigenvalue weighted by atomic mass is 32.1. The van der Waals surface area contributed by atoms with Gasteiger partial charge in [0, 0.05) is 30.7 Å². The van der Waals surface area contributed by atoms with Crippen molar-refractivity contribution in [1.82, 2.24) is 29.5 Å². The third-order valence-electron chi connectivity index (χ3n) is 5.05. The van der Waals surface area contributed by atoms with Crippen molar-refractivity contribution in [2.45, 2.75) is 19.4 Å². The molecule has 10 heteroatoms. The van der Waals surface area contributed by atoms with E-state index in [2.05, 4.69) is 20.3 Å². The Kier molecular flexibility index (Phi) is 3.95. The molecule has 29 heavy (non-hydrogen) atoms. The standard InChI is InChI=1S/C19H17N7O2S/c1-25-16-12(17-18(25)23-15(29-17)6-5-14(20)27)8-22-26(19(16)28)9-10-3-2-4-13-11(10)7-21-24-13/h2-4,7-8H,5-6,9H2,1H3,(H2,20,27)(H,21,24). The SMILES string of the molecule is Cn1c2nc(CCC(N)=O)sc2c2cnn(Cc3cccc4[nH]ncc34)c(=O)c21. The van der Waals surface area contributed by atoms with Crippen molar-refractivity contribution in [3.05, 3.63) is 51.5 Å². The number of thiazole rings is 1. The number of benzene rings is 1. The number of H-pyrrole nitrogens is 1. The third kappa shape index (κ3) is 2.80. The Morgan fingerprint density at radius 2 is 2.14 bits per heavy atom. The molecular formula is C19H17N7O2S. The number of aryl methyl sites for hydroxylation is 2. The molecule has 0 bridgehead atoms. The molecule has 5 rings (SSSR count). The molecule has 0 aliphatic carbocycles. The van der Waals surface area contributed by atoms with Crippen LogP contribution in [0.25, 0.3) is 32.2 Å². The fourth-order valence-corrected chi connectivity index (χ4v) is 4.72. The van der Waals surface area contributed by atoms with Gasteiger partial charge in [-0.25, -0.2) is 9.67 Å². The molecule has 0 spiro atoms. The Balaban J connectivity index is 1.59. The zero-order chi connectivity index (χ0) is 20.1. The van der Waals surface area contributed by atoms with Crippen LogP contribution in [-0.2, 0) is 24.8 Å². The number of carbonyl (C=O) groups is 1. The molecule has 0 atom stereocenters. The van der Waals surface area contributed by atoms with Gasteiger partial charge in [0.05, 0.1) is 34.2 Å². The highest BCUT2D eigenvalue weighted by Gasteiger charge is 2.18. The van der Waals surface area contributed by atoms with Crippen LogP contribution in [0.15, 0.2) is 35.4 Å². The summed E-state index contributed by atoms with van der Waals surface area (Å²) in [6.45, 7) is 0.349. The Hall–Kier alpha value is -3.53. The molecule has 4 aromatic heterocycles. The van der Waals surface area contributed by atoms with Gasteiger partial charge in [0.1, 0.15) is 5.52 Å². The van der Waals surface area contributed by atoms with E-state index in [1.54, 1.807) is 17.0 Å². The molecule has 9 nitrogen and oxygen atoms in total. The summed E-state index contributed by atoms with van der Waals surface area (Å²) in [6, 6.07) is 5.83. The summed E-state index contributed by atoms with van der Waals surface area (Å²) in [5.41, 5.74) is 8.23. The van der Waals surface area contributed by atoms with E-state index in [1.165, 1.54) is 16.0 Å². The van der Waals surface area contributed by atoms with Gasteiger partial charge in [-0.2, -0.15) is 10.2 Å². The molecule has 1 aromatic carbocycles. The van der Waals surface area contributed by atoms with Gasteiger partial charge in [0.25, 0.3) is 5.56 Å². The first-order valence-corrected chi connectivity index (χ1v) is 9.88. The Bertz CT molecular complexity index is 1460. The molecular weight excluding hydrogens is 390 g/mol. The number of fused-ring (bicyclic) bond motifs is 4. The first-order chi connectivity index (χ1) is 14.0. The van der Waals surface area contributed by atoms with Crippen LogP contribution in [0.1, 0.15) is 17.0 Å². The maximum atomic E-state index is 13.2. The van der Waals surface area contributed by atoms with Crippen LogP contribution in [0.2, 0.25) is 0 Å². The topological polar surface area (TPSA) is 124 Å². The summed E-state index contributed by atoms with van der Waals surface area (Å²) in [5, 5.41) is 14.0. The molecule has 0 saturated carbocycles. The summed E-state index contributed by atoms with van der Waals surface area (Å²) < 4.78 is 4.16. The van der Waals surface area contributed by atoms with Gasteiger partial charge in [0.15, 0.2) is 5.65 Å². The van der Waals surface area contributed by atoms with Crippen molar-refractivity contribution < 1.29 is 4.79 Å². The number of rotatable bonds is 5. The van der Waals surface area contributed by atoms with Crippen LogP contribution in [0.3, 0.4) is 0 Å². The number of nitrogens with zero attached hydrogens (tertiary/aromatic N) is 5. The molecule has 0 fully saturated rings. The molecule has 0 radical (unpaired) electrons. The van der Waals surface area contributed by atoms with E-state index in [9.17, 15) is 9.59 Å². The fraction of sp³-hybridized carbons (Fsp3) is 0.211. The highest BCUT2D eigenvalue weighted by Crippen LogP contribution is 2.31. The molecule has 1 amide bonds. The number of nitrogens with one attached hydrogen (secondary N) is 1. The highest BCUT2D eigenvalue weighted by molar-refractivity contribution is 7.19. The first-order valence-electron chi connectivity index (χ1n) is 9.06. The number of carbonyl (C=O) groups excluding carboxylic acids is 1. The van der Waals surface area contributed by atoms with Crippen LogP contribution in [0.4, 0.5) is 0 Å². The summed E-state index contributed by atoms with van der Waals surface area (Å²) in [6.07, 6.45) is 4.21. The molecule has 5 aromatic rings. The minimum absolute atomic E-state index is 0.172. The molecule has 0 aliphatic rings. The van der Waals surface area contributed by atoms with E-state index in [0.29, 0.717) is 18.5 Å². The van der Waals surface area contributed by atoms with E-state index in [0.717, 1.165) is 37.2 Å². The van der Waals surface area contributed by atoms with Crippen LogP contribution in [0.5, 0.6) is 0 Å². The molecule has 4 heterocycles. The van der Waals surface area contributed by atoms with Gasteiger partial charge in [-0.3, -0.25) is 14.7 Å². The maximum Gasteiger partial charge on any atom is 0.291 e. The molecule has 0 unspecified atom stereocenters. The average molecular weight is 407 g/mol. The van der Waals surface area contributed by atoms with Gasteiger partial charge < -0.3 is 10.3 Å². The van der Waals surface area contributed by atoms with Crippen molar-refractivity contribution in [2.75, 3.05) is 0 Å². The number of aromatic nitrogens is 6. The smallest absolute Gasteiger partial charge is 0.291 e. The summed E-state index contributed by atoms with van der Waals surface area (Å²) >= 11 is 1.47. The number of amides is 1. The lowest BCUT2D eigenvalue weighted by Crippen LogP contribution is -2.24. The van der Waals surface area contributed by atoms with E-state index in [1.807, 2.05) is 25.2 Å². The average Bonchev–Trinajstić information content (AvgIpc) is 3.39. The van der Waals surface area contributed by atoms with Crippen LogP contribution in [0, 0.1) is 0 Å². The Morgan fingerprint density at radius 1 is 1.28 bits per heavy atom. The zero-order valence-corrected chi connectivity index (χ0v) is 16.4. The minimum atomic E-state index is -0.355.